The van der Waals surface area contributed by atoms with E-state index in [1.807, 2.05) is 25.1 Å². The number of para-hydroxylation sites is 1. The summed E-state index contributed by atoms with van der Waals surface area (Å²) in [5.41, 5.74) is 1.67. The van der Waals surface area contributed by atoms with Gasteiger partial charge in [-0.2, -0.15) is 0 Å². The van der Waals surface area contributed by atoms with Gasteiger partial charge in [0.25, 0.3) is 0 Å². The maximum Gasteiger partial charge on any atom is 0.202 e. The van der Waals surface area contributed by atoms with E-state index in [4.69, 9.17) is 4.42 Å². The SMILES string of the molecule is Cc1cccc2cc(C(=O)C3CCS(=O)(=O)C3)oc12. The van der Waals surface area contributed by atoms with E-state index in [0.29, 0.717) is 12.0 Å². The summed E-state index contributed by atoms with van der Waals surface area (Å²) in [6, 6.07) is 7.41. The molecule has 2 heterocycles. The van der Waals surface area contributed by atoms with Crippen molar-refractivity contribution in [2.45, 2.75) is 13.3 Å². The third kappa shape index (κ3) is 2.18. The Hall–Kier alpha value is -1.62. The first-order valence-electron chi connectivity index (χ1n) is 6.20. The van der Waals surface area contributed by atoms with Crippen LogP contribution in [0.4, 0.5) is 0 Å². The topological polar surface area (TPSA) is 64.3 Å². The summed E-state index contributed by atoms with van der Waals surface area (Å²) < 4.78 is 28.4. The lowest BCUT2D eigenvalue weighted by atomic mass is 10.0. The average molecular weight is 278 g/mol. The Morgan fingerprint density at radius 1 is 1.37 bits per heavy atom. The average Bonchev–Trinajstić information content (AvgIpc) is 2.92. The van der Waals surface area contributed by atoms with Crippen LogP contribution in [0.1, 0.15) is 22.5 Å². The van der Waals surface area contributed by atoms with Gasteiger partial charge >= 0.3 is 0 Å². The van der Waals surface area contributed by atoms with E-state index in [0.717, 1.165) is 10.9 Å². The fourth-order valence-corrected chi connectivity index (χ4v) is 4.27. The predicted octanol–water partition coefficient (Wildman–Crippen LogP) is 2.36. The molecule has 1 aliphatic rings. The maximum atomic E-state index is 12.3. The van der Waals surface area contributed by atoms with Crippen molar-refractivity contribution in [1.82, 2.24) is 0 Å². The highest BCUT2D eigenvalue weighted by Gasteiger charge is 2.34. The molecule has 0 amide bonds. The van der Waals surface area contributed by atoms with Crippen LogP contribution in [0.15, 0.2) is 28.7 Å². The number of hydrogen-bond acceptors (Lipinski definition) is 4. The van der Waals surface area contributed by atoms with Gasteiger partial charge in [-0.15, -0.1) is 0 Å². The van der Waals surface area contributed by atoms with Crippen molar-refractivity contribution >= 4 is 26.6 Å². The van der Waals surface area contributed by atoms with Crippen LogP contribution in [0.2, 0.25) is 0 Å². The van der Waals surface area contributed by atoms with E-state index in [9.17, 15) is 13.2 Å². The van der Waals surface area contributed by atoms with E-state index in [1.54, 1.807) is 6.07 Å². The number of Topliss-reactive ketones (excluding diaryl/α,β-unsaturated/α-hetero) is 1. The maximum absolute atomic E-state index is 12.3. The largest absolute Gasteiger partial charge is 0.453 e. The highest BCUT2D eigenvalue weighted by molar-refractivity contribution is 7.91. The minimum absolute atomic E-state index is 0.0537. The molecule has 1 aromatic carbocycles. The number of carbonyl (C=O) groups is 1. The van der Waals surface area contributed by atoms with Gasteiger partial charge in [0.2, 0.25) is 5.78 Å². The quantitative estimate of drug-likeness (QED) is 0.791. The molecule has 100 valence electrons. The van der Waals surface area contributed by atoms with Crippen LogP contribution >= 0.6 is 0 Å². The Morgan fingerprint density at radius 2 is 2.16 bits per heavy atom. The third-order valence-corrected chi connectivity index (χ3v) is 5.35. The molecule has 0 spiro atoms. The van der Waals surface area contributed by atoms with E-state index in [1.165, 1.54) is 0 Å². The summed E-state index contributed by atoms with van der Waals surface area (Å²) >= 11 is 0. The minimum atomic E-state index is -3.05. The van der Waals surface area contributed by atoms with Gasteiger partial charge in [0, 0.05) is 11.3 Å². The van der Waals surface area contributed by atoms with Gasteiger partial charge < -0.3 is 4.42 Å². The van der Waals surface area contributed by atoms with Gasteiger partial charge in [0.15, 0.2) is 15.6 Å². The smallest absolute Gasteiger partial charge is 0.202 e. The van der Waals surface area contributed by atoms with Crippen LogP contribution in [0.5, 0.6) is 0 Å². The number of hydrogen-bond donors (Lipinski definition) is 0. The van der Waals surface area contributed by atoms with E-state index in [2.05, 4.69) is 0 Å². The first-order chi connectivity index (χ1) is 8.96. The summed E-state index contributed by atoms with van der Waals surface area (Å²) in [5.74, 6) is -0.334. The number of benzene rings is 1. The van der Waals surface area contributed by atoms with Gasteiger partial charge in [0.05, 0.1) is 11.5 Å². The number of furan rings is 1. The lowest BCUT2D eigenvalue weighted by Crippen LogP contribution is -2.15. The predicted molar refractivity (Wildman–Crippen MR) is 72.0 cm³/mol. The minimum Gasteiger partial charge on any atom is -0.453 e. The molecule has 5 heteroatoms. The summed E-state index contributed by atoms with van der Waals surface area (Å²) in [5, 5.41) is 0.879. The van der Waals surface area contributed by atoms with Crippen molar-refractivity contribution in [2.24, 2.45) is 5.92 Å². The Morgan fingerprint density at radius 3 is 2.79 bits per heavy atom. The van der Waals surface area contributed by atoms with Crippen molar-refractivity contribution in [2.75, 3.05) is 11.5 Å². The van der Waals surface area contributed by atoms with Crippen molar-refractivity contribution in [3.63, 3.8) is 0 Å². The third-order valence-electron chi connectivity index (χ3n) is 3.59. The van der Waals surface area contributed by atoms with Crippen LogP contribution in [-0.2, 0) is 9.84 Å². The Kier molecular flexibility index (Phi) is 2.74. The van der Waals surface area contributed by atoms with Crippen LogP contribution in [0.3, 0.4) is 0 Å². The summed E-state index contributed by atoms with van der Waals surface area (Å²) in [6.45, 7) is 1.92. The van der Waals surface area contributed by atoms with E-state index >= 15 is 0 Å². The van der Waals surface area contributed by atoms with Crippen molar-refractivity contribution in [1.29, 1.82) is 0 Å². The fraction of sp³-hybridized carbons (Fsp3) is 0.357. The molecule has 4 nitrogen and oxygen atoms in total. The van der Waals surface area contributed by atoms with E-state index < -0.39 is 15.8 Å². The normalized spacial score (nSPS) is 21.8. The highest BCUT2D eigenvalue weighted by atomic mass is 32.2. The zero-order valence-electron chi connectivity index (χ0n) is 10.5. The second kappa shape index (κ2) is 4.20. The molecule has 1 saturated heterocycles. The molecule has 1 unspecified atom stereocenters. The zero-order valence-corrected chi connectivity index (χ0v) is 11.4. The molecule has 0 radical (unpaired) electrons. The Labute approximate surface area is 111 Å². The molecule has 1 aromatic heterocycles. The summed E-state index contributed by atoms with van der Waals surface area (Å²) in [7, 11) is -3.05. The molecule has 19 heavy (non-hydrogen) atoms. The molecule has 0 N–H and O–H groups in total. The van der Waals surface area contributed by atoms with Crippen LogP contribution in [0, 0.1) is 12.8 Å². The van der Waals surface area contributed by atoms with Gasteiger partial charge in [-0.1, -0.05) is 18.2 Å². The second-order valence-electron chi connectivity index (χ2n) is 5.07. The molecule has 2 aromatic rings. The zero-order chi connectivity index (χ0) is 13.6. The number of fused-ring (bicyclic) bond motifs is 1. The van der Waals surface area contributed by atoms with Gasteiger partial charge in [-0.3, -0.25) is 4.79 Å². The van der Waals surface area contributed by atoms with Crippen LogP contribution < -0.4 is 0 Å². The molecule has 1 fully saturated rings. The molecule has 0 aliphatic carbocycles. The summed E-state index contributed by atoms with van der Waals surface area (Å²) in [4.78, 5) is 12.3. The number of sulfone groups is 1. The van der Waals surface area contributed by atoms with Gasteiger partial charge in [-0.25, -0.2) is 8.42 Å². The molecule has 0 saturated carbocycles. The second-order valence-corrected chi connectivity index (χ2v) is 7.30. The number of aryl methyl sites for hydroxylation is 1. The molecular formula is C14H14O4S. The molecule has 3 rings (SSSR count). The molecule has 0 bridgehead atoms. The molecular weight excluding hydrogens is 264 g/mol. The molecule has 1 aliphatic heterocycles. The standard InChI is InChI=1S/C14H14O4S/c1-9-3-2-4-10-7-12(18-14(9)10)13(15)11-5-6-19(16,17)8-11/h2-4,7,11H,5-6,8H2,1H3. The van der Waals surface area contributed by atoms with Gasteiger partial charge in [-0.05, 0) is 25.0 Å². The first-order valence-corrected chi connectivity index (χ1v) is 8.02. The van der Waals surface area contributed by atoms with Crippen molar-refractivity contribution in [3.05, 3.63) is 35.6 Å². The molecule has 1 atom stereocenters. The van der Waals surface area contributed by atoms with E-state index in [-0.39, 0.29) is 23.0 Å². The van der Waals surface area contributed by atoms with Gasteiger partial charge in [0.1, 0.15) is 5.58 Å². The Balaban J connectivity index is 1.97. The first kappa shape index (κ1) is 12.4. The Bertz CT molecular complexity index is 755. The number of carbonyl (C=O) groups excluding carboxylic acids is 1. The van der Waals surface area contributed by atoms with Crippen LogP contribution in [0.25, 0.3) is 11.0 Å². The summed E-state index contributed by atoms with van der Waals surface area (Å²) in [6.07, 6.45) is 0.400. The highest BCUT2D eigenvalue weighted by Crippen LogP contribution is 2.27. The monoisotopic (exact) mass is 278 g/mol. The van der Waals surface area contributed by atoms with Crippen molar-refractivity contribution in [3.8, 4) is 0 Å². The lowest BCUT2D eigenvalue weighted by molar-refractivity contribution is 0.0907. The number of rotatable bonds is 2. The van der Waals surface area contributed by atoms with Crippen LogP contribution in [-0.4, -0.2) is 25.7 Å². The lowest BCUT2D eigenvalue weighted by Gasteiger charge is -2.02. The van der Waals surface area contributed by atoms with Crippen molar-refractivity contribution < 1.29 is 17.6 Å². The number of ketones is 1. The fourth-order valence-electron chi connectivity index (χ4n) is 2.53.